The highest BCUT2D eigenvalue weighted by Gasteiger charge is 2.41. The van der Waals surface area contributed by atoms with Gasteiger partial charge in [0.05, 0.1) is 18.1 Å². The summed E-state index contributed by atoms with van der Waals surface area (Å²) in [6, 6.07) is 14.7. The summed E-state index contributed by atoms with van der Waals surface area (Å²) in [4.78, 5) is 30.4. The number of carbonyl (C=O) groups excluding carboxylic acids is 2. The quantitative estimate of drug-likeness (QED) is 0.432. The Kier molecular flexibility index (Phi) is 6.73. The minimum atomic E-state index is -1.30. The highest BCUT2D eigenvalue weighted by atomic mass is 35.5. The number of benzene rings is 2. The largest absolute Gasteiger partial charge is 0.484 e. The number of alkyl halides is 1. The summed E-state index contributed by atoms with van der Waals surface area (Å²) in [5.41, 5.74) is 8.55. The topological polar surface area (TPSA) is 85.5 Å². The third-order valence-electron chi connectivity index (χ3n) is 6.61. The second kappa shape index (κ2) is 9.98. The molecule has 2 aromatic carbocycles. The van der Waals surface area contributed by atoms with Crippen LogP contribution < -0.4 is 10.5 Å². The standard InChI is InChI=1S/C29H27ClFN3O3/c1-29(31)16-34(17-29)28(36)20-6-4-19(5-7-20)21-12-22-13-24(37-27(22)25(30)14-21)10-9-23(35)8-2-18-3-11-26(32)33-15-18/h3-7,9-12,14-15,24H,2,8,13,16-17H2,1H3,(H2,32,33)/b10-9+. The van der Waals surface area contributed by atoms with Gasteiger partial charge in [-0.25, -0.2) is 9.37 Å². The molecule has 0 radical (unpaired) electrons. The predicted molar refractivity (Wildman–Crippen MR) is 142 cm³/mol. The Hall–Kier alpha value is -3.71. The van der Waals surface area contributed by atoms with Crippen molar-refractivity contribution in [2.75, 3.05) is 18.8 Å². The molecule has 3 heterocycles. The first-order chi connectivity index (χ1) is 17.7. The smallest absolute Gasteiger partial charge is 0.254 e. The number of pyridine rings is 1. The fraction of sp³-hybridized carbons (Fsp3) is 0.276. The molecule has 2 aliphatic rings. The van der Waals surface area contributed by atoms with Crippen molar-refractivity contribution in [1.29, 1.82) is 0 Å². The van der Waals surface area contributed by atoms with Gasteiger partial charge in [0.1, 0.15) is 23.3 Å². The molecule has 5 rings (SSSR count). The zero-order valence-corrected chi connectivity index (χ0v) is 21.2. The summed E-state index contributed by atoms with van der Waals surface area (Å²) < 4.78 is 19.7. The van der Waals surface area contributed by atoms with Crippen LogP contribution in [0.5, 0.6) is 5.75 Å². The molecule has 1 fully saturated rings. The molecule has 6 nitrogen and oxygen atoms in total. The van der Waals surface area contributed by atoms with Crippen LogP contribution in [0.15, 0.2) is 66.9 Å². The monoisotopic (exact) mass is 519 g/mol. The molecule has 1 amide bonds. The summed E-state index contributed by atoms with van der Waals surface area (Å²) >= 11 is 6.53. The lowest BCUT2D eigenvalue weighted by atomic mass is 9.96. The number of nitrogens with two attached hydrogens (primary N) is 1. The second-order valence-electron chi connectivity index (χ2n) is 9.88. The first-order valence-electron chi connectivity index (χ1n) is 12.2. The van der Waals surface area contributed by atoms with Crippen LogP contribution in [0.4, 0.5) is 10.2 Å². The molecule has 1 saturated heterocycles. The van der Waals surface area contributed by atoms with Crippen molar-refractivity contribution < 1.29 is 18.7 Å². The number of fused-ring (bicyclic) bond motifs is 1. The van der Waals surface area contributed by atoms with E-state index < -0.39 is 5.67 Å². The van der Waals surface area contributed by atoms with E-state index in [1.807, 2.05) is 30.3 Å². The zero-order chi connectivity index (χ0) is 26.2. The van der Waals surface area contributed by atoms with Crippen molar-refractivity contribution in [2.24, 2.45) is 0 Å². The van der Waals surface area contributed by atoms with E-state index in [1.54, 1.807) is 36.5 Å². The number of carbonyl (C=O) groups is 2. The van der Waals surface area contributed by atoms with Crippen molar-refractivity contribution >= 4 is 29.1 Å². The van der Waals surface area contributed by atoms with Gasteiger partial charge in [-0.2, -0.15) is 0 Å². The molecule has 190 valence electrons. The number of amides is 1. The lowest BCUT2D eigenvalue weighted by Gasteiger charge is -2.42. The Morgan fingerprint density at radius 1 is 1.19 bits per heavy atom. The number of nitrogens with zero attached hydrogens (tertiary/aromatic N) is 2. The van der Waals surface area contributed by atoms with Crippen LogP contribution in [0.2, 0.25) is 5.02 Å². The highest BCUT2D eigenvalue weighted by molar-refractivity contribution is 6.32. The normalized spacial score (nSPS) is 17.8. The SMILES string of the molecule is CC1(F)CN(C(=O)c2ccc(-c3cc(Cl)c4c(c3)CC(/C=C/C(=O)CCc3ccc(N)nc3)O4)cc2)C1. The van der Waals surface area contributed by atoms with Gasteiger partial charge in [-0.3, -0.25) is 9.59 Å². The summed E-state index contributed by atoms with van der Waals surface area (Å²) in [6.07, 6.45) is 6.31. The number of halogens is 2. The van der Waals surface area contributed by atoms with Crippen LogP contribution in [0.1, 0.15) is 34.8 Å². The Labute approximate surface area is 219 Å². The fourth-order valence-electron chi connectivity index (χ4n) is 4.65. The van der Waals surface area contributed by atoms with Gasteiger partial charge < -0.3 is 15.4 Å². The van der Waals surface area contributed by atoms with Gasteiger partial charge in [-0.1, -0.05) is 29.8 Å². The van der Waals surface area contributed by atoms with E-state index in [2.05, 4.69) is 4.98 Å². The molecule has 1 atom stereocenters. The van der Waals surface area contributed by atoms with E-state index in [0.717, 1.165) is 22.3 Å². The number of hydrogen-bond donors (Lipinski definition) is 1. The maximum absolute atomic E-state index is 13.7. The summed E-state index contributed by atoms with van der Waals surface area (Å²) in [7, 11) is 0. The minimum absolute atomic E-state index is 0.00664. The maximum atomic E-state index is 13.7. The Morgan fingerprint density at radius 3 is 2.62 bits per heavy atom. The molecule has 0 saturated carbocycles. The van der Waals surface area contributed by atoms with Crippen molar-refractivity contribution in [3.05, 3.63) is 88.6 Å². The number of ketones is 1. The number of nitrogen functional groups attached to an aromatic ring is 1. The maximum Gasteiger partial charge on any atom is 0.254 e. The average Bonchev–Trinajstić information content (AvgIpc) is 3.29. The molecule has 0 aliphatic carbocycles. The van der Waals surface area contributed by atoms with Crippen molar-refractivity contribution in [2.45, 2.75) is 38.0 Å². The molecule has 3 aromatic rings. The third-order valence-corrected chi connectivity index (χ3v) is 6.89. The van der Waals surface area contributed by atoms with Gasteiger partial charge in [0.25, 0.3) is 5.91 Å². The Morgan fingerprint density at radius 2 is 1.95 bits per heavy atom. The van der Waals surface area contributed by atoms with Gasteiger partial charge >= 0.3 is 0 Å². The molecule has 2 N–H and O–H groups in total. The van der Waals surface area contributed by atoms with Gasteiger partial charge in [0.15, 0.2) is 5.78 Å². The van der Waals surface area contributed by atoms with Gasteiger partial charge in [0.2, 0.25) is 0 Å². The first-order valence-corrected chi connectivity index (χ1v) is 12.5. The minimum Gasteiger partial charge on any atom is -0.484 e. The predicted octanol–water partition coefficient (Wildman–Crippen LogP) is 5.23. The van der Waals surface area contributed by atoms with Crippen LogP contribution in [0, 0.1) is 0 Å². The van der Waals surface area contributed by atoms with E-state index in [9.17, 15) is 14.0 Å². The van der Waals surface area contributed by atoms with E-state index >= 15 is 0 Å². The van der Waals surface area contributed by atoms with E-state index in [4.69, 9.17) is 22.1 Å². The molecule has 1 aromatic heterocycles. The number of allylic oxidation sites excluding steroid dienone is 1. The Balaban J connectivity index is 1.20. The first kappa shape index (κ1) is 25.0. The summed E-state index contributed by atoms with van der Waals surface area (Å²) in [6.45, 7) is 1.74. The lowest BCUT2D eigenvalue weighted by Crippen LogP contribution is -2.59. The van der Waals surface area contributed by atoms with Crippen molar-refractivity contribution in [3.63, 3.8) is 0 Å². The molecule has 0 bridgehead atoms. The molecule has 8 heteroatoms. The number of aryl methyl sites for hydroxylation is 1. The van der Waals surface area contributed by atoms with Crippen LogP contribution >= 0.6 is 11.6 Å². The Bertz CT molecular complexity index is 1360. The van der Waals surface area contributed by atoms with Crippen molar-refractivity contribution in [1.82, 2.24) is 9.88 Å². The van der Waals surface area contributed by atoms with Crippen LogP contribution in [0.25, 0.3) is 11.1 Å². The van der Waals surface area contributed by atoms with E-state index in [1.165, 1.54) is 11.8 Å². The molecule has 0 spiro atoms. The van der Waals surface area contributed by atoms with E-state index in [-0.39, 0.29) is 30.9 Å². The highest BCUT2D eigenvalue weighted by Crippen LogP contribution is 2.40. The van der Waals surface area contributed by atoms with Gasteiger partial charge in [-0.15, -0.1) is 0 Å². The summed E-state index contributed by atoms with van der Waals surface area (Å²) in [5, 5.41) is 0.494. The van der Waals surface area contributed by atoms with Gasteiger partial charge in [-0.05, 0) is 72.5 Å². The number of aromatic nitrogens is 1. The second-order valence-corrected chi connectivity index (χ2v) is 10.3. The average molecular weight is 520 g/mol. The molecule has 37 heavy (non-hydrogen) atoms. The van der Waals surface area contributed by atoms with Crippen LogP contribution in [0.3, 0.4) is 0 Å². The number of hydrogen-bond acceptors (Lipinski definition) is 5. The van der Waals surface area contributed by atoms with Crippen LogP contribution in [-0.4, -0.2) is 46.4 Å². The molecule has 1 unspecified atom stereocenters. The molecule has 2 aliphatic heterocycles. The number of ether oxygens (including phenoxy) is 1. The number of likely N-dealkylation sites (tertiary alicyclic amines) is 1. The zero-order valence-electron chi connectivity index (χ0n) is 20.4. The number of rotatable bonds is 7. The molecular formula is C29H27ClFN3O3. The van der Waals surface area contributed by atoms with Crippen LogP contribution in [-0.2, 0) is 17.6 Å². The van der Waals surface area contributed by atoms with E-state index in [0.29, 0.717) is 41.4 Å². The third kappa shape index (κ3) is 5.67. The van der Waals surface area contributed by atoms with Gasteiger partial charge in [0, 0.05) is 30.2 Å². The molecular weight excluding hydrogens is 493 g/mol. The number of anilines is 1. The van der Waals surface area contributed by atoms with Crippen molar-refractivity contribution in [3.8, 4) is 16.9 Å². The fourth-order valence-corrected chi connectivity index (χ4v) is 4.93. The lowest BCUT2D eigenvalue weighted by molar-refractivity contribution is -0.114. The summed E-state index contributed by atoms with van der Waals surface area (Å²) in [5.74, 6) is 0.916.